The lowest BCUT2D eigenvalue weighted by molar-refractivity contribution is -0.383. The molecule has 3 heterocycles. The molecular weight excluding hydrogens is 568 g/mol. The molecule has 1 aromatic heterocycles. The molecule has 2 saturated heterocycles. The molecule has 2 bridgehead atoms. The van der Waals surface area contributed by atoms with Gasteiger partial charge < -0.3 is 25.3 Å². The third-order valence-electron chi connectivity index (χ3n) is 9.09. The van der Waals surface area contributed by atoms with Crippen LogP contribution in [-0.2, 0) is 14.4 Å². The number of carbonyl (C=O) groups excluding carboxylic acids is 3. The summed E-state index contributed by atoms with van der Waals surface area (Å²) in [6.45, 7) is 2.04. The normalized spacial score (nSPS) is 21.2. The summed E-state index contributed by atoms with van der Waals surface area (Å²) in [6.07, 6.45) is 3.36. The number of nitrogens with one attached hydrogen (secondary N) is 2. The molecule has 3 amide bonds. The third kappa shape index (κ3) is 6.49. The van der Waals surface area contributed by atoms with Gasteiger partial charge in [-0.05, 0) is 67.0 Å². The van der Waals surface area contributed by atoms with Gasteiger partial charge in [0.2, 0.25) is 23.2 Å². The number of nitro groups is 1. The van der Waals surface area contributed by atoms with Crippen molar-refractivity contribution in [1.29, 1.82) is 0 Å². The van der Waals surface area contributed by atoms with Gasteiger partial charge in [0.25, 0.3) is 0 Å². The lowest BCUT2D eigenvalue weighted by Gasteiger charge is -2.44. The monoisotopic (exact) mass is 606 g/mol. The molecule has 14 heteroatoms. The highest BCUT2D eigenvalue weighted by Crippen LogP contribution is 2.46. The Labute approximate surface area is 254 Å². The first-order chi connectivity index (χ1) is 21.0. The van der Waals surface area contributed by atoms with Crippen LogP contribution in [0, 0.1) is 23.0 Å². The topological polar surface area (TPSA) is 167 Å². The van der Waals surface area contributed by atoms with Gasteiger partial charge in [0.1, 0.15) is 0 Å². The molecule has 234 valence electrons. The fraction of sp³-hybridized carbons (Fsp3) is 0.500. The van der Waals surface area contributed by atoms with Crippen LogP contribution in [0.25, 0.3) is 11.0 Å². The maximum atomic E-state index is 13.0. The predicted octanol–water partition coefficient (Wildman–Crippen LogP) is 1.83. The molecule has 2 fully saturated rings. The summed E-state index contributed by atoms with van der Waals surface area (Å²) < 4.78 is 4.67. The van der Waals surface area contributed by atoms with Crippen LogP contribution in [0.1, 0.15) is 36.3 Å². The van der Waals surface area contributed by atoms with Gasteiger partial charge in [-0.25, -0.2) is 4.63 Å². The van der Waals surface area contributed by atoms with Crippen molar-refractivity contribution < 1.29 is 23.9 Å². The standard InChI is InChI=1S/C30H38N8O6/c1-18-5-7-19(8-6-18)21-13-20-9-10-23(37(20)4)22(21)16-36(3)28(41)15-32-26(39)14-31-27(40)17-35(2)24-11-12-25(38(42)43)30-29(24)33-44-34-30/h5-8,11-12,20-23H,9-10,13-17H2,1-4H3,(H,31,40)(H,32,39). The summed E-state index contributed by atoms with van der Waals surface area (Å²) in [5, 5.41) is 23.7. The minimum absolute atomic E-state index is 0.0256. The quantitative estimate of drug-likeness (QED) is 0.243. The van der Waals surface area contributed by atoms with E-state index in [1.165, 1.54) is 34.6 Å². The lowest BCUT2D eigenvalue weighted by Crippen LogP contribution is -2.51. The van der Waals surface area contributed by atoms with Crippen molar-refractivity contribution in [2.24, 2.45) is 5.92 Å². The second-order valence-electron chi connectivity index (χ2n) is 11.9. The predicted molar refractivity (Wildman–Crippen MR) is 162 cm³/mol. The SMILES string of the molecule is Cc1ccc(C2CC3CCC(C2CN(C)C(=O)CNC(=O)CNC(=O)CN(C)c2ccc([N+](=O)[O-])c4nonc24)N3C)cc1. The van der Waals surface area contributed by atoms with Crippen LogP contribution in [0.5, 0.6) is 0 Å². The van der Waals surface area contributed by atoms with Crippen LogP contribution >= 0.6 is 0 Å². The number of nitro benzene ring substituents is 1. The number of nitrogens with zero attached hydrogens (tertiary/aromatic N) is 6. The van der Waals surface area contributed by atoms with Crippen LogP contribution in [0.3, 0.4) is 0 Å². The van der Waals surface area contributed by atoms with Gasteiger partial charge in [0.05, 0.1) is 30.2 Å². The minimum atomic E-state index is -0.593. The summed E-state index contributed by atoms with van der Waals surface area (Å²) in [5.41, 5.74) is 2.81. The number of aryl methyl sites for hydroxylation is 1. The molecule has 5 rings (SSSR count). The second-order valence-corrected chi connectivity index (χ2v) is 11.9. The van der Waals surface area contributed by atoms with Crippen LogP contribution in [0.15, 0.2) is 41.0 Å². The van der Waals surface area contributed by atoms with Gasteiger partial charge in [-0.2, -0.15) is 0 Å². The second kappa shape index (κ2) is 13.0. The smallest absolute Gasteiger partial charge is 0.300 e. The highest BCUT2D eigenvalue weighted by molar-refractivity contribution is 5.95. The maximum Gasteiger partial charge on any atom is 0.300 e. The van der Waals surface area contributed by atoms with E-state index in [2.05, 4.69) is 68.7 Å². The number of amides is 3. The van der Waals surface area contributed by atoms with Crippen molar-refractivity contribution >= 4 is 40.1 Å². The summed E-state index contributed by atoms with van der Waals surface area (Å²) in [5.74, 6) is -0.502. The average Bonchev–Trinajstić information content (AvgIpc) is 3.58. The molecule has 44 heavy (non-hydrogen) atoms. The Kier molecular flexibility index (Phi) is 9.09. The molecule has 14 nitrogen and oxygen atoms in total. The number of piperidine rings is 1. The number of benzene rings is 2. The van der Waals surface area contributed by atoms with Crippen LogP contribution < -0.4 is 15.5 Å². The van der Waals surface area contributed by atoms with E-state index in [0.29, 0.717) is 30.2 Å². The Morgan fingerprint density at radius 3 is 2.45 bits per heavy atom. The molecule has 0 saturated carbocycles. The van der Waals surface area contributed by atoms with Crippen molar-refractivity contribution in [3.05, 3.63) is 57.6 Å². The Bertz CT molecular complexity index is 1540. The minimum Gasteiger partial charge on any atom is -0.363 e. The number of hydrogen-bond donors (Lipinski definition) is 2. The van der Waals surface area contributed by atoms with Crippen LogP contribution in [0.4, 0.5) is 11.4 Å². The van der Waals surface area contributed by atoms with Crippen molar-refractivity contribution in [1.82, 2.24) is 30.7 Å². The van der Waals surface area contributed by atoms with Gasteiger partial charge >= 0.3 is 5.69 Å². The number of carbonyl (C=O) groups is 3. The summed E-state index contributed by atoms with van der Waals surface area (Å²) in [6, 6.07) is 12.4. The number of hydrogen-bond acceptors (Lipinski definition) is 10. The largest absolute Gasteiger partial charge is 0.363 e. The van der Waals surface area contributed by atoms with Gasteiger partial charge in [-0.15, -0.1) is 0 Å². The van der Waals surface area contributed by atoms with Crippen molar-refractivity contribution in [3.8, 4) is 0 Å². The summed E-state index contributed by atoms with van der Waals surface area (Å²) in [7, 11) is 5.56. The Morgan fingerprint density at radius 2 is 1.73 bits per heavy atom. The molecule has 3 aromatic rings. The molecule has 2 aromatic carbocycles. The van der Waals surface area contributed by atoms with E-state index in [0.717, 1.165) is 12.8 Å². The van der Waals surface area contributed by atoms with Crippen LogP contribution in [-0.4, -0.2) is 102 Å². The maximum absolute atomic E-state index is 13.0. The van der Waals surface area contributed by atoms with Gasteiger partial charge in [0.15, 0.2) is 5.52 Å². The van der Waals surface area contributed by atoms with E-state index in [1.807, 2.05) is 0 Å². The molecule has 0 aliphatic carbocycles. The zero-order chi connectivity index (χ0) is 31.5. The molecule has 0 radical (unpaired) electrons. The number of likely N-dealkylation sites (N-methyl/N-ethyl adjacent to an activating group) is 2. The van der Waals surface area contributed by atoms with Crippen molar-refractivity contribution in [3.63, 3.8) is 0 Å². The van der Waals surface area contributed by atoms with Gasteiger partial charge in [0, 0.05) is 38.8 Å². The number of non-ortho nitro benzene ring substituents is 1. The molecule has 2 aliphatic heterocycles. The van der Waals surface area contributed by atoms with Crippen LogP contribution in [0.2, 0.25) is 0 Å². The van der Waals surface area contributed by atoms with Crippen molar-refractivity contribution in [2.45, 2.75) is 44.2 Å². The van der Waals surface area contributed by atoms with E-state index < -0.39 is 16.7 Å². The highest BCUT2D eigenvalue weighted by atomic mass is 16.6. The number of fused-ring (bicyclic) bond motifs is 3. The molecule has 2 aliphatic rings. The molecule has 4 unspecified atom stereocenters. The van der Waals surface area contributed by atoms with Crippen molar-refractivity contribution in [2.75, 3.05) is 52.2 Å². The lowest BCUT2D eigenvalue weighted by atomic mass is 9.75. The van der Waals surface area contributed by atoms with Gasteiger partial charge in [-0.1, -0.05) is 29.8 Å². The number of aromatic nitrogens is 2. The number of rotatable bonds is 11. The average molecular weight is 607 g/mol. The first-order valence-corrected chi connectivity index (χ1v) is 14.7. The summed E-state index contributed by atoms with van der Waals surface area (Å²) in [4.78, 5) is 54.3. The first-order valence-electron chi connectivity index (χ1n) is 14.7. The molecule has 0 spiro atoms. The zero-order valence-corrected chi connectivity index (χ0v) is 25.4. The Morgan fingerprint density at radius 1 is 1.02 bits per heavy atom. The first kappa shape index (κ1) is 30.9. The van der Waals surface area contributed by atoms with E-state index in [9.17, 15) is 24.5 Å². The van der Waals surface area contributed by atoms with E-state index in [4.69, 9.17) is 0 Å². The fourth-order valence-electron chi connectivity index (χ4n) is 6.64. The summed E-state index contributed by atoms with van der Waals surface area (Å²) >= 11 is 0. The highest BCUT2D eigenvalue weighted by Gasteiger charge is 2.46. The molecule has 2 N–H and O–H groups in total. The Balaban J connectivity index is 1.10. The van der Waals surface area contributed by atoms with E-state index in [1.54, 1.807) is 19.0 Å². The van der Waals surface area contributed by atoms with E-state index >= 15 is 0 Å². The number of anilines is 1. The Hall–Kier alpha value is -4.59. The van der Waals surface area contributed by atoms with Gasteiger partial charge in [-0.3, -0.25) is 24.5 Å². The fourth-order valence-corrected chi connectivity index (χ4v) is 6.64. The molecular formula is C30H38N8O6. The van der Waals surface area contributed by atoms with E-state index in [-0.39, 0.29) is 48.2 Å². The molecule has 4 atom stereocenters. The zero-order valence-electron chi connectivity index (χ0n) is 25.4. The third-order valence-corrected chi connectivity index (χ3v) is 9.09.